The highest BCUT2D eigenvalue weighted by molar-refractivity contribution is 4.86. The molecular formula is C12H27NO. The van der Waals surface area contributed by atoms with Crippen molar-refractivity contribution >= 4 is 0 Å². The third kappa shape index (κ3) is 4.43. The number of nitrogens with two attached hydrogens (primary N) is 1. The van der Waals surface area contributed by atoms with E-state index in [1.807, 2.05) is 6.92 Å². The first-order valence-corrected chi connectivity index (χ1v) is 5.74. The van der Waals surface area contributed by atoms with E-state index >= 15 is 0 Å². The van der Waals surface area contributed by atoms with Crippen LogP contribution in [0, 0.1) is 17.8 Å². The van der Waals surface area contributed by atoms with Crippen molar-refractivity contribution in [1.29, 1.82) is 0 Å². The van der Waals surface area contributed by atoms with Gasteiger partial charge in [0.1, 0.15) is 0 Å². The summed E-state index contributed by atoms with van der Waals surface area (Å²) >= 11 is 0. The topological polar surface area (TPSA) is 46.2 Å². The molecule has 0 fully saturated rings. The van der Waals surface area contributed by atoms with Crippen molar-refractivity contribution in [2.75, 3.05) is 6.54 Å². The Morgan fingerprint density at radius 2 is 1.36 bits per heavy atom. The van der Waals surface area contributed by atoms with E-state index in [9.17, 15) is 5.11 Å². The van der Waals surface area contributed by atoms with Crippen molar-refractivity contribution in [3.8, 4) is 0 Å². The predicted molar refractivity (Wildman–Crippen MR) is 62.1 cm³/mol. The molecule has 0 bridgehead atoms. The summed E-state index contributed by atoms with van der Waals surface area (Å²) in [6.07, 6.45) is 1.70. The third-order valence-corrected chi connectivity index (χ3v) is 2.79. The van der Waals surface area contributed by atoms with E-state index in [1.165, 1.54) is 0 Å². The molecule has 0 spiro atoms. The molecular weight excluding hydrogens is 174 g/mol. The highest BCUT2D eigenvalue weighted by atomic mass is 16.3. The fourth-order valence-electron chi connectivity index (χ4n) is 2.12. The van der Waals surface area contributed by atoms with Crippen LogP contribution in [-0.4, -0.2) is 17.3 Å². The number of aliphatic hydroxyl groups is 1. The van der Waals surface area contributed by atoms with Gasteiger partial charge in [0.05, 0.1) is 5.60 Å². The van der Waals surface area contributed by atoms with Crippen LogP contribution in [0.4, 0.5) is 0 Å². The van der Waals surface area contributed by atoms with Crippen LogP contribution in [0.3, 0.4) is 0 Å². The van der Waals surface area contributed by atoms with Gasteiger partial charge in [-0.05, 0) is 37.1 Å². The van der Waals surface area contributed by atoms with Gasteiger partial charge in [0.15, 0.2) is 0 Å². The van der Waals surface area contributed by atoms with Crippen LogP contribution < -0.4 is 5.73 Å². The lowest BCUT2D eigenvalue weighted by atomic mass is 9.76. The number of rotatable bonds is 6. The molecule has 0 radical (unpaired) electrons. The average molecular weight is 201 g/mol. The van der Waals surface area contributed by atoms with Gasteiger partial charge in [-0.3, -0.25) is 0 Å². The lowest BCUT2D eigenvalue weighted by Crippen LogP contribution is -2.42. The molecule has 0 aliphatic carbocycles. The highest BCUT2D eigenvalue weighted by Gasteiger charge is 2.33. The van der Waals surface area contributed by atoms with Gasteiger partial charge in [-0.2, -0.15) is 0 Å². The molecule has 3 N–H and O–H groups in total. The quantitative estimate of drug-likeness (QED) is 0.693. The summed E-state index contributed by atoms with van der Waals surface area (Å²) in [5.74, 6) is 1.23. The number of hydrogen-bond acceptors (Lipinski definition) is 2. The standard InChI is InChI=1S/C12H27NO/c1-9(2)6-12(14,7-10(3)4)11(5)8-13/h9-11,14H,6-8,13H2,1-5H3. The van der Waals surface area contributed by atoms with Gasteiger partial charge in [0.2, 0.25) is 0 Å². The molecule has 0 saturated carbocycles. The summed E-state index contributed by atoms with van der Waals surface area (Å²) in [6.45, 7) is 11.2. The first-order valence-electron chi connectivity index (χ1n) is 5.74. The zero-order valence-corrected chi connectivity index (χ0v) is 10.4. The Labute approximate surface area is 88.9 Å². The molecule has 86 valence electrons. The van der Waals surface area contributed by atoms with Gasteiger partial charge < -0.3 is 10.8 Å². The fraction of sp³-hybridized carbons (Fsp3) is 1.00. The minimum atomic E-state index is -0.572. The molecule has 0 amide bonds. The summed E-state index contributed by atoms with van der Waals surface area (Å²) in [4.78, 5) is 0. The first-order chi connectivity index (χ1) is 6.31. The maximum atomic E-state index is 10.5. The molecule has 0 saturated heterocycles. The van der Waals surface area contributed by atoms with Gasteiger partial charge >= 0.3 is 0 Å². The van der Waals surface area contributed by atoms with E-state index in [-0.39, 0.29) is 5.92 Å². The maximum Gasteiger partial charge on any atom is 0.0690 e. The normalized spacial score (nSPS) is 15.2. The Bertz CT molecular complexity index is 144. The second-order valence-corrected chi connectivity index (χ2v) is 5.44. The Hall–Kier alpha value is -0.0800. The predicted octanol–water partition coefficient (Wildman–Crippen LogP) is 2.40. The number of hydrogen-bond donors (Lipinski definition) is 2. The van der Waals surface area contributed by atoms with Crippen LogP contribution in [-0.2, 0) is 0 Å². The fourth-order valence-corrected chi connectivity index (χ4v) is 2.12. The van der Waals surface area contributed by atoms with Crippen LogP contribution in [0.1, 0.15) is 47.5 Å². The smallest absolute Gasteiger partial charge is 0.0690 e. The highest BCUT2D eigenvalue weighted by Crippen LogP contribution is 2.31. The van der Waals surface area contributed by atoms with E-state index in [0.29, 0.717) is 18.4 Å². The van der Waals surface area contributed by atoms with Crippen molar-refractivity contribution < 1.29 is 5.11 Å². The molecule has 1 unspecified atom stereocenters. The van der Waals surface area contributed by atoms with E-state index in [2.05, 4.69) is 27.7 Å². The molecule has 0 aromatic carbocycles. The van der Waals surface area contributed by atoms with Gasteiger partial charge in [0, 0.05) is 0 Å². The summed E-state index contributed by atoms with van der Waals surface area (Å²) in [7, 11) is 0. The third-order valence-electron chi connectivity index (χ3n) is 2.79. The second kappa shape index (κ2) is 5.72. The lowest BCUT2D eigenvalue weighted by Gasteiger charge is -2.36. The van der Waals surface area contributed by atoms with Crippen LogP contribution in [0.15, 0.2) is 0 Å². The first kappa shape index (κ1) is 13.9. The summed E-state index contributed by atoms with van der Waals surface area (Å²) in [5, 5.41) is 10.5. The largest absolute Gasteiger partial charge is 0.390 e. The molecule has 2 nitrogen and oxygen atoms in total. The molecule has 14 heavy (non-hydrogen) atoms. The van der Waals surface area contributed by atoms with Crippen molar-refractivity contribution in [3.05, 3.63) is 0 Å². The lowest BCUT2D eigenvalue weighted by molar-refractivity contribution is -0.0431. The van der Waals surface area contributed by atoms with Crippen molar-refractivity contribution in [2.24, 2.45) is 23.5 Å². The Balaban J connectivity index is 4.48. The zero-order valence-electron chi connectivity index (χ0n) is 10.4. The minimum absolute atomic E-state index is 0.187. The van der Waals surface area contributed by atoms with Crippen molar-refractivity contribution in [2.45, 2.75) is 53.1 Å². The zero-order chi connectivity index (χ0) is 11.4. The van der Waals surface area contributed by atoms with Gasteiger partial charge in [-0.25, -0.2) is 0 Å². The van der Waals surface area contributed by atoms with E-state index < -0.39 is 5.60 Å². The van der Waals surface area contributed by atoms with E-state index in [0.717, 1.165) is 12.8 Å². The maximum absolute atomic E-state index is 10.5. The van der Waals surface area contributed by atoms with Crippen LogP contribution in [0.25, 0.3) is 0 Å². The van der Waals surface area contributed by atoms with Crippen LogP contribution >= 0.6 is 0 Å². The monoisotopic (exact) mass is 201 g/mol. The molecule has 2 heteroatoms. The minimum Gasteiger partial charge on any atom is -0.390 e. The molecule has 0 aromatic heterocycles. The molecule has 0 rings (SSSR count). The second-order valence-electron chi connectivity index (χ2n) is 5.44. The van der Waals surface area contributed by atoms with E-state index in [1.54, 1.807) is 0 Å². The summed E-state index contributed by atoms with van der Waals surface area (Å²) < 4.78 is 0. The van der Waals surface area contributed by atoms with E-state index in [4.69, 9.17) is 5.73 Å². The summed E-state index contributed by atoms with van der Waals surface area (Å²) in [6, 6.07) is 0. The molecule has 1 atom stereocenters. The van der Waals surface area contributed by atoms with Crippen LogP contribution in [0.5, 0.6) is 0 Å². The molecule has 0 heterocycles. The molecule has 0 aromatic rings. The SMILES string of the molecule is CC(C)CC(O)(CC(C)C)C(C)CN. The van der Waals surface area contributed by atoms with Crippen molar-refractivity contribution in [3.63, 3.8) is 0 Å². The van der Waals surface area contributed by atoms with Gasteiger partial charge in [-0.15, -0.1) is 0 Å². The average Bonchev–Trinajstić information content (AvgIpc) is 1.99. The van der Waals surface area contributed by atoms with Gasteiger partial charge in [-0.1, -0.05) is 34.6 Å². The molecule has 0 aliphatic rings. The Kier molecular flexibility index (Phi) is 5.68. The Morgan fingerprint density at radius 3 is 1.57 bits per heavy atom. The Morgan fingerprint density at radius 1 is 1.00 bits per heavy atom. The van der Waals surface area contributed by atoms with Crippen molar-refractivity contribution in [1.82, 2.24) is 0 Å². The summed E-state index contributed by atoms with van der Waals surface area (Å²) in [5.41, 5.74) is 5.08. The van der Waals surface area contributed by atoms with Gasteiger partial charge in [0.25, 0.3) is 0 Å². The van der Waals surface area contributed by atoms with Crippen LogP contribution in [0.2, 0.25) is 0 Å². The molecule has 0 aliphatic heterocycles.